The zero-order valence-corrected chi connectivity index (χ0v) is 9.85. The van der Waals surface area contributed by atoms with Gasteiger partial charge in [0.2, 0.25) is 5.91 Å². The van der Waals surface area contributed by atoms with Crippen molar-refractivity contribution in [3.63, 3.8) is 0 Å². The van der Waals surface area contributed by atoms with Crippen molar-refractivity contribution in [1.82, 2.24) is 5.32 Å². The van der Waals surface area contributed by atoms with Crippen molar-refractivity contribution in [2.45, 2.75) is 39.0 Å². The topological polar surface area (TPSA) is 83.5 Å². The molecule has 0 aromatic carbocycles. The first-order valence-electron chi connectivity index (χ1n) is 5.17. The summed E-state index contributed by atoms with van der Waals surface area (Å²) in [5.74, 6) is -0.581. The molecule has 15 heavy (non-hydrogen) atoms. The van der Waals surface area contributed by atoms with Gasteiger partial charge in [0.05, 0.1) is 5.75 Å². The van der Waals surface area contributed by atoms with Crippen LogP contribution in [0.4, 0.5) is 0 Å². The second kappa shape index (κ2) is 7.64. The third kappa shape index (κ3) is 11.3. The van der Waals surface area contributed by atoms with Crippen LogP contribution < -0.4 is 5.32 Å². The quantitative estimate of drug-likeness (QED) is 0.486. The van der Waals surface area contributed by atoms with Crippen molar-refractivity contribution in [2.75, 3.05) is 12.3 Å². The van der Waals surface area contributed by atoms with Crippen LogP contribution in [0.2, 0.25) is 0 Å². The Labute approximate surface area is 91.0 Å². The Morgan fingerprint density at radius 3 is 2.47 bits per heavy atom. The van der Waals surface area contributed by atoms with E-state index in [1.54, 1.807) is 0 Å². The van der Waals surface area contributed by atoms with E-state index >= 15 is 0 Å². The number of rotatable bonds is 8. The molecule has 0 spiro atoms. The third-order valence-corrected chi connectivity index (χ3v) is 2.66. The summed E-state index contributed by atoms with van der Waals surface area (Å²) in [5.41, 5.74) is 0. The smallest absolute Gasteiger partial charge is 0.266 e. The zero-order chi connectivity index (χ0) is 11.7. The van der Waals surface area contributed by atoms with Gasteiger partial charge < -0.3 is 5.32 Å². The summed E-state index contributed by atoms with van der Waals surface area (Å²) in [7, 11) is -3.96. The molecule has 6 heteroatoms. The number of hydrogen-bond donors (Lipinski definition) is 2. The van der Waals surface area contributed by atoms with E-state index in [1.807, 2.05) is 0 Å². The SMILES string of the molecule is CCCCCCC(=O)NCCS(=O)(=O)O. The molecule has 0 aromatic heterocycles. The standard InChI is InChI=1S/C9H19NO4S/c1-2-3-4-5-6-9(11)10-7-8-15(12,13)14/h2-8H2,1H3,(H,10,11)(H,12,13,14). The maximum Gasteiger partial charge on any atom is 0.266 e. The first kappa shape index (κ1) is 14.4. The molecule has 1 amide bonds. The largest absolute Gasteiger partial charge is 0.355 e. The van der Waals surface area contributed by atoms with Crippen LogP contribution >= 0.6 is 0 Å². The van der Waals surface area contributed by atoms with Gasteiger partial charge >= 0.3 is 0 Å². The number of nitrogens with one attached hydrogen (secondary N) is 1. The Balaban J connectivity index is 3.42. The molecule has 0 heterocycles. The van der Waals surface area contributed by atoms with Crippen LogP contribution in [-0.4, -0.2) is 31.2 Å². The number of carbonyl (C=O) groups excluding carboxylic acids is 1. The van der Waals surface area contributed by atoms with Crippen molar-refractivity contribution < 1.29 is 17.8 Å². The molecule has 0 aliphatic rings. The fourth-order valence-electron chi connectivity index (χ4n) is 1.12. The highest BCUT2D eigenvalue weighted by molar-refractivity contribution is 7.85. The van der Waals surface area contributed by atoms with Gasteiger partial charge in [-0.15, -0.1) is 0 Å². The number of amides is 1. The molecule has 0 rings (SSSR count). The predicted octanol–water partition coefficient (Wildman–Crippen LogP) is 0.961. The van der Waals surface area contributed by atoms with Crippen molar-refractivity contribution >= 4 is 16.0 Å². The summed E-state index contributed by atoms with van der Waals surface area (Å²) in [5, 5.41) is 2.44. The first-order valence-corrected chi connectivity index (χ1v) is 6.78. The second-order valence-electron chi connectivity index (χ2n) is 3.45. The van der Waals surface area contributed by atoms with Gasteiger partial charge in [-0.05, 0) is 6.42 Å². The van der Waals surface area contributed by atoms with Gasteiger partial charge in [0.1, 0.15) is 0 Å². The van der Waals surface area contributed by atoms with E-state index in [0.717, 1.165) is 25.7 Å². The maximum atomic E-state index is 11.1. The lowest BCUT2D eigenvalue weighted by Gasteiger charge is -2.03. The predicted molar refractivity (Wildman–Crippen MR) is 58.2 cm³/mol. The molecule has 0 fully saturated rings. The Morgan fingerprint density at radius 1 is 1.27 bits per heavy atom. The Kier molecular flexibility index (Phi) is 7.33. The molecular weight excluding hydrogens is 218 g/mol. The average Bonchev–Trinajstić information content (AvgIpc) is 2.10. The van der Waals surface area contributed by atoms with Crippen LogP contribution in [0, 0.1) is 0 Å². The number of hydrogen-bond acceptors (Lipinski definition) is 3. The Hall–Kier alpha value is -0.620. The molecule has 0 saturated heterocycles. The van der Waals surface area contributed by atoms with Crippen LogP contribution in [0.1, 0.15) is 39.0 Å². The monoisotopic (exact) mass is 237 g/mol. The molecule has 5 nitrogen and oxygen atoms in total. The van der Waals surface area contributed by atoms with Gasteiger partial charge in [0.15, 0.2) is 0 Å². The minimum atomic E-state index is -3.96. The van der Waals surface area contributed by atoms with Gasteiger partial charge in [-0.1, -0.05) is 26.2 Å². The van der Waals surface area contributed by atoms with Gasteiger partial charge in [0.25, 0.3) is 10.1 Å². The lowest BCUT2D eigenvalue weighted by Crippen LogP contribution is -2.28. The molecular formula is C9H19NO4S. The maximum absolute atomic E-state index is 11.1. The van der Waals surface area contributed by atoms with Crippen LogP contribution in [0.5, 0.6) is 0 Å². The van der Waals surface area contributed by atoms with Gasteiger partial charge in [0, 0.05) is 13.0 Å². The minimum Gasteiger partial charge on any atom is -0.355 e. The van der Waals surface area contributed by atoms with E-state index in [2.05, 4.69) is 12.2 Å². The third-order valence-electron chi connectivity index (χ3n) is 1.94. The highest BCUT2D eigenvalue weighted by Gasteiger charge is 2.05. The minimum absolute atomic E-state index is 0.0224. The van der Waals surface area contributed by atoms with Gasteiger partial charge in [-0.2, -0.15) is 8.42 Å². The van der Waals surface area contributed by atoms with E-state index in [0.29, 0.717) is 6.42 Å². The summed E-state index contributed by atoms with van der Waals surface area (Å²) < 4.78 is 29.0. The average molecular weight is 237 g/mol. The van der Waals surface area contributed by atoms with Crippen molar-refractivity contribution in [2.24, 2.45) is 0 Å². The van der Waals surface area contributed by atoms with Crippen LogP contribution in [0.3, 0.4) is 0 Å². The normalized spacial score (nSPS) is 11.3. The highest BCUT2D eigenvalue weighted by atomic mass is 32.2. The van der Waals surface area contributed by atoms with Crippen LogP contribution in [0.15, 0.2) is 0 Å². The molecule has 2 N–H and O–H groups in total. The van der Waals surface area contributed by atoms with Crippen molar-refractivity contribution in [1.29, 1.82) is 0 Å². The first-order chi connectivity index (χ1) is 6.95. The molecule has 0 saturated carbocycles. The molecule has 0 unspecified atom stereocenters. The summed E-state index contributed by atoms with van der Waals surface area (Å²) in [6.07, 6.45) is 4.49. The summed E-state index contributed by atoms with van der Waals surface area (Å²) in [6, 6.07) is 0. The van der Waals surface area contributed by atoms with Crippen LogP contribution in [-0.2, 0) is 14.9 Å². The molecule has 0 aliphatic heterocycles. The zero-order valence-electron chi connectivity index (χ0n) is 9.03. The van der Waals surface area contributed by atoms with E-state index in [9.17, 15) is 13.2 Å². The summed E-state index contributed by atoms with van der Waals surface area (Å²) in [4.78, 5) is 11.1. The fourth-order valence-corrected chi connectivity index (χ4v) is 1.48. The lowest BCUT2D eigenvalue weighted by atomic mass is 10.1. The van der Waals surface area contributed by atoms with E-state index in [-0.39, 0.29) is 12.5 Å². The highest BCUT2D eigenvalue weighted by Crippen LogP contribution is 2.01. The molecule has 0 bridgehead atoms. The van der Waals surface area contributed by atoms with Crippen molar-refractivity contribution in [3.05, 3.63) is 0 Å². The van der Waals surface area contributed by atoms with Gasteiger partial charge in [-0.25, -0.2) is 0 Å². The Morgan fingerprint density at radius 2 is 1.93 bits per heavy atom. The summed E-state index contributed by atoms with van der Waals surface area (Å²) >= 11 is 0. The molecule has 0 radical (unpaired) electrons. The van der Waals surface area contributed by atoms with E-state index < -0.39 is 15.9 Å². The van der Waals surface area contributed by atoms with E-state index in [4.69, 9.17) is 4.55 Å². The van der Waals surface area contributed by atoms with E-state index in [1.165, 1.54) is 0 Å². The number of unbranched alkanes of at least 4 members (excludes halogenated alkanes) is 3. The number of carbonyl (C=O) groups is 1. The molecule has 0 aliphatic carbocycles. The lowest BCUT2D eigenvalue weighted by molar-refractivity contribution is -0.121. The molecule has 0 aromatic rings. The molecule has 0 atom stereocenters. The van der Waals surface area contributed by atoms with Crippen LogP contribution in [0.25, 0.3) is 0 Å². The summed E-state index contributed by atoms with van der Waals surface area (Å²) in [6.45, 7) is 2.07. The van der Waals surface area contributed by atoms with Gasteiger partial charge in [-0.3, -0.25) is 9.35 Å². The second-order valence-corrected chi connectivity index (χ2v) is 5.02. The fraction of sp³-hybridized carbons (Fsp3) is 0.889. The van der Waals surface area contributed by atoms with Crippen molar-refractivity contribution in [3.8, 4) is 0 Å². The Bertz CT molecular complexity index is 274. The molecule has 90 valence electrons.